The van der Waals surface area contributed by atoms with Crippen LogP contribution in [0, 0.1) is 12.8 Å². The van der Waals surface area contributed by atoms with Crippen molar-refractivity contribution < 1.29 is 9.53 Å². The van der Waals surface area contributed by atoms with Gasteiger partial charge < -0.3 is 4.74 Å². The number of benzene rings is 1. The summed E-state index contributed by atoms with van der Waals surface area (Å²) in [5.41, 5.74) is 2.07. The van der Waals surface area contributed by atoms with Gasteiger partial charge in [-0.1, -0.05) is 42.0 Å². The molecule has 19 heavy (non-hydrogen) atoms. The minimum Gasteiger partial charge on any atom is -0.468 e. The SMILES string of the molecule is COC(=O)[C@]12[C@H]3C=C[C@H](C3)N1[C@@H]2c1ccc(C)cc1. The number of fused-ring (bicyclic) bond motifs is 5. The zero-order chi connectivity index (χ0) is 13.2. The maximum Gasteiger partial charge on any atom is 0.328 e. The van der Waals surface area contributed by atoms with Crippen molar-refractivity contribution in [1.29, 1.82) is 0 Å². The molecule has 0 radical (unpaired) electrons. The van der Waals surface area contributed by atoms with Gasteiger partial charge in [0.2, 0.25) is 0 Å². The van der Waals surface area contributed by atoms with Gasteiger partial charge in [0.15, 0.2) is 0 Å². The Bertz CT molecular complexity index is 577. The third-order valence-corrected chi connectivity index (χ3v) is 4.94. The Morgan fingerprint density at radius 3 is 2.74 bits per heavy atom. The van der Waals surface area contributed by atoms with Gasteiger partial charge in [0.05, 0.1) is 13.2 Å². The van der Waals surface area contributed by atoms with E-state index in [0.29, 0.717) is 12.0 Å². The number of carbonyl (C=O) groups is 1. The molecule has 1 aliphatic carbocycles. The molecule has 0 aromatic heterocycles. The van der Waals surface area contributed by atoms with E-state index in [4.69, 9.17) is 4.74 Å². The van der Waals surface area contributed by atoms with Gasteiger partial charge >= 0.3 is 5.97 Å². The van der Waals surface area contributed by atoms with Crippen LogP contribution >= 0.6 is 0 Å². The molecule has 3 heteroatoms. The minimum absolute atomic E-state index is 0.0741. The van der Waals surface area contributed by atoms with Crippen LogP contribution in [0.2, 0.25) is 0 Å². The summed E-state index contributed by atoms with van der Waals surface area (Å²) >= 11 is 0. The second-order valence-electron chi connectivity index (χ2n) is 5.83. The number of piperidine rings is 1. The molecular weight excluding hydrogens is 238 g/mol. The summed E-state index contributed by atoms with van der Waals surface area (Å²) in [4.78, 5) is 14.6. The molecule has 0 N–H and O–H groups in total. The van der Waals surface area contributed by atoms with Crippen LogP contribution in [-0.4, -0.2) is 29.6 Å². The Kier molecular flexibility index (Phi) is 2.06. The highest BCUT2D eigenvalue weighted by Gasteiger charge is 2.78. The predicted octanol–water partition coefficient (Wildman–Crippen LogP) is 2.22. The maximum atomic E-state index is 12.3. The van der Waals surface area contributed by atoms with Crippen molar-refractivity contribution in [3.8, 4) is 0 Å². The fraction of sp³-hybridized carbons (Fsp3) is 0.438. The number of esters is 1. The Labute approximate surface area is 112 Å². The van der Waals surface area contributed by atoms with Crippen LogP contribution in [0.25, 0.3) is 0 Å². The van der Waals surface area contributed by atoms with Crippen LogP contribution in [0.4, 0.5) is 0 Å². The molecule has 2 heterocycles. The summed E-state index contributed by atoms with van der Waals surface area (Å²) in [6, 6.07) is 9.12. The van der Waals surface area contributed by atoms with Crippen molar-refractivity contribution in [3.05, 3.63) is 47.5 Å². The summed E-state index contributed by atoms with van der Waals surface area (Å²) in [5, 5.41) is 0. The van der Waals surface area contributed by atoms with Crippen molar-refractivity contribution in [2.45, 2.75) is 31.0 Å². The van der Waals surface area contributed by atoms with Crippen molar-refractivity contribution >= 4 is 5.97 Å². The molecule has 1 unspecified atom stereocenters. The minimum atomic E-state index is -0.413. The van der Waals surface area contributed by atoms with Gasteiger partial charge in [0, 0.05) is 12.0 Å². The van der Waals surface area contributed by atoms with Crippen LogP contribution < -0.4 is 0 Å². The second-order valence-corrected chi connectivity index (χ2v) is 5.83. The van der Waals surface area contributed by atoms with Gasteiger partial charge in [-0.3, -0.25) is 4.90 Å². The van der Waals surface area contributed by atoms with Crippen molar-refractivity contribution in [2.24, 2.45) is 5.92 Å². The molecule has 4 rings (SSSR count). The number of carbonyl (C=O) groups excluding carboxylic acids is 1. The first-order valence-electron chi connectivity index (χ1n) is 6.81. The second kappa shape index (κ2) is 3.48. The first-order valence-corrected chi connectivity index (χ1v) is 6.81. The Morgan fingerprint density at radius 1 is 1.32 bits per heavy atom. The molecule has 5 atom stereocenters. The quantitative estimate of drug-likeness (QED) is 0.461. The molecule has 1 aromatic carbocycles. The predicted molar refractivity (Wildman–Crippen MR) is 71.5 cm³/mol. The number of hydrogen-bond acceptors (Lipinski definition) is 3. The monoisotopic (exact) mass is 255 g/mol. The van der Waals surface area contributed by atoms with Gasteiger partial charge in [-0.15, -0.1) is 0 Å². The highest BCUT2D eigenvalue weighted by Crippen LogP contribution is 2.68. The van der Waals surface area contributed by atoms with Gasteiger partial charge in [-0.2, -0.15) is 0 Å². The third kappa shape index (κ3) is 1.19. The van der Waals surface area contributed by atoms with Crippen molar-refractivity contribution in [3.63, 3.8) is 0 Å². The molecule has 3 aliphatic rings. The molecular formula is C16H17NO2. The fourth-order valence-electron chi connectivity index (χ4n) is 4.10. The van der Waals surface area contributed by atoms with Gasteiger partial charge in [0.25, 0.3) is 0 Å². The summed E-state index contributed by atoms with van der Waals surface area (Å²) in [7, 11) is 1.50. The normalized spacial score (nSPS) is 41.2. The van der Waals surface area contributed by atoms with E-state index < -0.39 is 5.54 Å². The van der Waals surface area contributed by atoms with E-state index in [-0.39, 0.29) is 12.0 Å². The Hall–Kier alpha value is -1.61. The highest BCUT2D eigenvalue weighted by molar-refractivity contribution is 5.89. The van der Waals surface area contributed by atoms with E-state index in [1.165, 1.54) is 18.2 Å². The summed E-state index contributed by atoms with van der Waals surface area (Å²) in [5.74, 6) is 0.242. The molecule has 2 saturated heterocycles. The molecule has 1 aromatic rings. The first-order chi connectivity index (χ1) is 9.19. The zero-order valence-electron chi connectivity index (χ0n) is 11.2. The number of aryl methyl sites for hydroxylation is 1. The Balaban J connectivity index is 1.76. The molecule has 0 spiro atoms. The van der Waals surface area contributed by atoms with Crippen LogP contribution in [-0.2, 0) is 9.53 Å². The molecule has 2 fully saturated rings. The van der Waals surface area contributed by atoms with Crippen LogP contribution in [0.3, 0.4) is 0 Å². The van der Waals surface area contributed by atoms with E-state index >= 15 is 0 Å². The van der Waals surface area contributed by atoms with E-state index in [9.17, 15) is 4.79 Å². The lowest BCUT2D eigenvalue weighted by molar-refractivity contribution is -0.145. The fourth-order valence-corrected chi connectivity index (χ4v) is 4.10. The van der Waals surface area contributed by atoms with Crippen LogP contribution in [0.5, 0.6) is 0 Å². The summed E-state index contributed by atoms with van der Waals surface area (Å²) in [6.45, 7) is 2.08. The van der Waals surface area contributed by atoms with Crippen LogP contribution in [0.1, 0.15) is 23.6 Å². The lowest BCUT2D eigenvalue weighted by Gasteiger charge is -2.17. The maximum absolute atomic E-state index is 12.3. The summed E-state index contributed by atoms with van der Waals surface area (Å²) in [6.07, 6.45) is 5.50. The molecule has 0 amide bonds. The standard InChI is InChI=1S/C16H17NO2/c1-10-3-5-11(6-4-10)14-16(15(18)19-2)12-7-8-13(9-12)17(14)16/h3-8,12-14H,9H2,1-2H3/t12-,13+,14+,16+,17?/m0/s1. The van der Waals surface area contributed by atoms with Gasteiger partial charge in [-0.05, 0) is 18.9 Å². The average Bonchev–Trinajstić information content (AvgIpc) is 2.78. The smallest absolute Gasteiger partial charge is 0.328 e. The molecule has 2 aliphatic heterocycles. The molecule has 2 bridgehead atoms. The summed E-state index contributed by atoms with van der Waals surface area (Å²) < 4.78 is 5.09. The van der Waals surface area contributed by atoms with Crippen LogP contribution in [0.15, 0.2) is 36.4 Å². The first kappa shape index (κ1) is 11.2. The number of rotatable bonds is 2. The average molecular weight is 255 g/mol. The topological polar surface area (TPSA) is 29.3 Å². The number of nitrogens with zero attached hydrogens (tertiary/aromatic N) is 1. The molecule has 3 nitrogen and oxygen atoms in total. The van der Waals surface area contributed by atoms with E-state index in [1.54, 1.807) is 0 Å². The van der Waals surface area contributed by atoms with Crippen molar-refractivity contribution in [2.75, 3.05) is 7.11 Å². The molecule has 98 valence electrons. The largest absolute Gasteiger partial charge is 0.468 e. The van der Waals surface area contributed by atoms with E-state index in [1.807, 2.05) is 0 Å². The lowest BCUT2D eigenvalue weighted by atomic mass is 9.86. The lowest BCUT2D eigenvalue weighted by Crippen LogP contribution is -2.35. The number of hydrogen-bond donors (Lipinski definition) is 0. The third-order valence-electron chi connectivity index (χ3n) is 4.94. The zero-order valence-corrected chi connectivity index (χ0v) is 11.2. The Morgan fingerprint density at radius 2 is 2.05 bits per heavy atom. The van der Waals surface area contributed by atoms with E-state index in [2.05, 4.69) is 48.2 Å². The van der Waals surface area contributed by atoms with Crippen molar-refractivity contribution in [1.82, 2.24) is 4.90 Å². The van der Waals surface area contributed by atoms with Gasteiger partial charge in [0.1, 0.15) is 5.54 Å². The number of methoxy groups -OCH3 is 1. The molecule has 0 saturated carbocycles. The highest BCUT2D eigenvalue weighted by atomic mass is 16.5. The number of ether oxygens (including phenoxy) is 1. The van der Waals surface area contributed by atoms with Gasteiger partial charge in [-0.25, -0.2) is 4.79 Å². The van der Waals surface area contributed by atoms with E-state index in [0.717, 1.165) is 6.42 Å².